The number of para-hydroxylation sites is 1. The van der Waals surface area contributed by atoms with Crippen molar-refractivity contribution < 1.29 is 4.42 Å². The Balaban J connectivity index is 1.16. The normalized spacial score (nSPS) is 13.4. The first-order valence-corrected chi connectivity index (χ1v) is 17.6. The van der Waals surface area contributed by atoms with E-state index in [1.807, 2.05) is 12.3 Å². The van der Waals surface area contributed by atoms with Crippen LogP contribution in [0.4, 0.5) is 0 Å². The van der Waals surface area contributed by atoms with Gasteiger partial charge in [0.05, 0.1) is 11.1 Å². The van der Waals surface area contributed by atoms with Crippen molar-refractivity contribution in [1.82, 2.24) is 4.98 Å². The van der Waals surface area contributed by atoms with Crippen LogP contribution in [0.5, 0.6) is 0 Å². The van der Waals surface area contributed by atoms with Gasteiger partial charge >= 0.3 is 0 Å². The van der Waals surface area contributed by atoms with Crippen molar-refractivity contribution in [1.29, 1.82) is 0 Å². The van der Waals surface area contributed by atoms with Crippen LogP contribution in [-0.2, 0) is 5.41 Å². The third-order valence-electron chi connectivity index (χ3n) is 11.3. The number of aryl methyl sites for hydroxylation is 1. The van der Waals surface area contributed by atoms with Gasteiger partial charge in [-0.2, -0.15) is 0 Å². The summed E-state index contributed by atoms with van der Waals surface area (Å²) in [5, 5.41) is 2.27. The highest BCUT2D eigenvalue weighted by Gasteiger charge is 2.52. The minimum absolute atomic E-state index is 0.447. The van der Waals surface area contributed by atoms with Crippen LogP contribution in [0.1, 0.15) is 27.8 Å². The van der Waals surface area contributed by atoms with Crippen LogP contribution < -0.4 is 0 Å². The summed E-state index contributed by atoms with van der Waals surface area (Å²) in [5.74, 6) is 0. The second-order valence-corrected chi connectivity index (χ2v) is 13.9. The van der Waals surface area contributed by atoms with E-state index in [2.05, 4.69) is 170 Å². The summed E-state index contributed by atoms with van der Waals surface area (Å²) in [6.07, 6.45) is 1.86. The number of fused-ring (bicyclic) bond motifs is 13. The van der Waals surface area contributed by atoms with Gasteiger partial charge < -0.3 is 4.42 Å². The molecule has 51 heavy (non-hydrogen) atoms. The zero-order valence-corrected chi connectivity index (χ0v) is 28.0. The van der Waals surface area contributed by atoms with E-state index in [0.717, 1.165) is 44.3 Å². The van der Waals surface area contributed by atoms with Crippen molar-refractivity contribution in [3.8, 4) is 55.8 Å². The third kappa shape index (κ3) is 3.85. The monoisotopic (exact) mass is 649 g/mol. The number of rotatable bonds is 3. The SMILES string of the molecule is Cc1cccnc1-c1ccc(-c2cccc3c2oc2cc4c(cc23)C2(c3ccccc3-c3ccccc32)c2cc(-c3ccccc3)ccc2-4)cc1. The minimum Gasteiger partial charge on any atom is -0.455 e. The lowest BCUT2D eigenvalue weighted by atomic mass is 9.70. The molecular formula is C49H31NO. The Labute approximate surface area is 296 Å². The number of hydrogen-bond acceptors (Lipinski definition) is 2. The Bertz CT molecular complexity index is 2810. The van der Waals surface area contributed by atoms with E-state index >= 15 is 0 Å². The van der Waals surface area contributed by atoms with Gasteiger partial charge in [0.1, 0.15) is 11.2 Å². The highest BCUT2D eigenvalue weighted by molar-refractivity contribution is 6.12. The second kappa shape index (κ2) is 10.5. The highest BCUT2D eigenvalue weighted by Crippen LogP contribution is 2.63. The lowest BCUT2D eigenvalue weighted by Gasteiger charge is -2.30. The zero-order valence-electron chi connectivity index (χ0n) is 28.0. The minimum atomic E-state index is -0.447. The number of pyridine rings is 1. The lowest BCUT2D eigenvalue weighted by molar-refractivity contribution is 0.670. The molecule has 0 fully saturated rings. The third-order valence-corrected chi connectivity index (χ3v) is 11.3. The molecular weight excluding hydrogens is 619 g/mol. The summed E-state index contributed by atoms with van der Waals surface area (Å²) in [6, 6.07) is 59.9. The van der Waals surface area contributed by atoms with Gasteiger partial charge in [0.15, 0.2) is 0 Å². The van der Waals surface area contributed by atoms with Crippen LogP contribution in [0, 0.1) is 6.92 Å². The first-order valence-electron chi connectivity index (χ1n) is 17.6. The summed E-state index contributed by atoms with van der Waals surface area (Å²) < 4.78 is 6.88. The molecule has 2 heteroatoms. The van der Waals surface area contributed by atoms with Crippen molar-refractivity contribution in [2.45, 2.75) is 12.3 Å². The summed E-state index contributed by atoms with van der Waals surface area (Å²) in [5.41, 5.74) is 19.8. The van der Waals surface area contributed by atoms with E-state index in [1.54, 1.807) is 0 Å². The molecule has 1 spiro atoms. The molecule has 0 amide bonds. The summed E-state index contributed by atoms with van der Waals surface area (Å²) in [7, 11) is 0. The Kier molecular flexibility index (Phi) is 5.83. The maximum absolute atomic E-state index is 6.88. The smallest absolute Gasteiger partial charge is 0.143 e. The van der Waals surface area contributed by atoms with E-state index in [9.17, 15) is 0 Å². The summed E-state index contributed by atoms with van der Waals surface area (Å²) in [6.45, 7) is 2.11. The summed E-state index contributed by atoms with van der Waals surface area (Å²) >= 11 is 0. The predicted molar refractivity (Wildman–Crippen MR) is 209 cm³/mol. The van der Waals surface area contributed by atoms with Crippen molar-refractivity contribution in [2.75, 3.05) is 0 Å². The van der Waals surface area contributed by atoms with E-state index in [4.69, 9.17) is 4.42 Å². The second-order valence-electron chi connectivity index (χ2n) is 13.9. The van der Waals surface area contributed by atoms with Crippen molar-refractivity contribution in [2.24, 2.45) is 0 Å². The molecule has 9 aromatic rings. The fraction of sp³-hybridized carbons (Fsp3) is 0.0408. The Morgan fingerprint density at radius 3 is 1.84 bits per heavy atom. The number of furan rings is 1. The van der Waals surface area contributed by atoms with Gasteiger partial charge in [-0.05, 0) is 98.0 Å². The Hall–Kier alpha value is -6.51. The number of nitrogens with zero attached hydrogens (tertiary/aromatic N) is 1. The average Bonchev–Trinajstić information content (AvgIpc) is 3.81. The van der Waals surface area contributed by atoms with E-state index in [1.165, 1.54) is 61.2 Å². The van der Waals surface area contributed by atoms with Crippen LogP contribution in [0.2, 0.25) is 0 Å². The van der Waals surface area contributed by atoms with Crippen LogP contribution >= 0.6 is 0 Å². The van der Waals surface area contributed by atoms with Crippen LogP contribution in [0.3, 0.4) is 0 Å². The first-order chi connectivity index (χ1) is 25.2. The molecule has 11 rings (SSSR count). The molecule has 2 aliphatic carbocycles. The molecule has 2 aromatic heterocycles. The van der Waals surface area contributed by atoms with E-state index < -0.39 is 5.41 Å². The Morgan fingerprint density at radius 2 is 1.08 bits per heavy atom. The van der Waals surface area contributed by atoms with Gasteiger partial charge in [-0.1, -0.05) is 140 Å². The largest absolute Gasteiger partial charge is 0.455 e. The average molecular weight is 650 g/mol. The number of benzene rings is 7. The van der Waals surface area contributed by atoms with Crippen molar-refractivity contribution >= 4 is 21.9 Å². The predicted octanol–water partition coefficient (Wildman–Crippen LogP) is 12.6. The van der Waals surface area contributed by atoms with Gasteiger partial charge in [-0.15, -0.1) is 0 Å². The molecule has 0 saturated heterocycles. The van der Waals surface area contributed by atoms with Gasteiger partial charge in [-0.25, -0.2) is 0 Å². The highest BCUT2D eigenvalue weighted by atomic mass is 16.3. The van der Waals surface area contributed by atoms with Crippen LogP contribution in [0.15, 0.2) is 174 Å². The molecule has 2 heterocycles. The molecule has 0 bridgehead atoms. The van der Waals surface area contributed by atoms with Crippen LogP contribution in [-0.4, -0.2) is 4.98 Å². The van der Waals surface area contributed by atoms with Gasteiger partial charge in [0.2, 0.25) is 0 Å². The van der Waals surface area contributed by atoms with E-state index in [-0.39, 0.29) is 0 Å². The zero-order chi connectivity index (χ0) is 33.7. The fourth-order valence-electron chi connectivity index (χ4n) is 9.06. The van der Waals surface area contributed by atoms with Gasteiger partial charge in [0, 0.05) is 28.1 Å². The molecule has 0 saturated carbocycles. The molecule has 0 aliphatic heterocycles. The molecule has 2 nitrogen and oxygen atoms in total. The lowest BCUT2D eigenvalue weighted by Crippen LogP contribution is -2.25. The topological polar surface area (TPSA) is 26.0 Å². The molecule has 0 atom stereocenters. The van der Waals surface area contributed by atoms with E-state index in [0.29, 0.717) is 0 Å². The molecule has 238 valence electrons. The molecule has 7 aromatic carbocycles. The maximum Gasteiger partial charge on any atom is 0.143 e. The Morgan fingerprint density at radius 1 is 0.431 bits per heavy atom. The summed E-state index contributed by atoms with van der Waals surface area (Å²) in [4.78, 5) is 4.64. The molecule has 0 N–H and O–H groups in total. The fourth-order valence-corrected chi connectivity index (χ4v) is 9.06. The number of aromatic nitrogens is 1. The van der Waals surface area contributed by atoms with Crippen molar-refractivity contribution in [3.05, 3.63) is 198 Å². The standard InChI is InChI=1S/C49H31NO/c1-30-11-10-26-50-47(30)33-22-20-32(21-23-33)35-16-9-17-39-41-28-45-40(29-46(41)51-48(35)39)38-25-24-34(31-12-3-2-4-13-31)27-44(38)49(45)42-18-7-5-14-36(42)37-15-6-8-19-43(37)49/h2-29H,1H3. The number of hydrogen-bond donors (Lipinski definition) is 0. The molecule has 0 unspecified atom stereocenters. The first kappa shape index (κ1) is 28.3. The molecule has 2 aliphatic rings. The quantitative estimate of drug-likeness (QED) is 0.190. The van der Waals surface area contributed by atoms with Gasteiger partial charge in [-0.3, -0.25) is 4.98 Å². The van der Waals surface area contributed by atoms with Crippen molar-refractivity contribution in [3.63, 3.8) is 0 Å². The van der Waals surface area contributed by atoms with Gasteiger partial charge in [0.25, 0.3) is 0 Å². The maximum atomic E-state index is 6.88. The molecule has 0 radical (unpaired) electrons. The van der Waals surface area contributed by atoms with Crippen LogP contribution in [0.25, 0.3) is 77.7 Å².